The van der Waals surface area contributed by atoms with Gasteiger partial charge in [-0.1, -0.05) is 18.2 Å². The number of hydrogen-bond acceptors (Lipinski definition) is 5. The van der Waals surface area contributed by atoms with Gasteiger partial charge in [-0.05, 0) is 42.8 Å². The molecule has 1 aromatic heterocycles. The number of piperazine rings is 1. The van der Waals surface area contributed by atoms with Crippen LogP contribution in [0.1, 0.15) is 19.4 Å². The molecule has 1 saturated heterocycles. The van der Waals surface area contributed by atoms with E-state index in [1.807, 2.05) is 37.4 Å². The molecule has 186 valence electrons. The van der Waals surface area contributed by atoms with Crippen molar-refractivity contribution >= 4 is 32.7 Å². The van der Waals surface area contributed by atoms with Gasteiger partial charge >= 0.3 is 0 Å². The van der Waals surface area contributed by atoms with E-state index in [-0.39, 0.29) is 42.9 Å². The first-order valence-corrected chi connectivity index (χ1v) is 13.1. The summed E-state index contributed by atoms with van der Waals surface area (Å²) in [6, 6.07) is 13.4. The molecule has 0 radical (unpaired) electrons. The van der Waals surface area contributed by atoms with Crippen LogP contribution in [0.4, 0.5) is 0 Å². The summed E-state index contributed by atoms with van der Waals surface area (Å²) in [7, 11) is -3.68. The molecular weight excluding hydrogens is 468 g/mol. The number of nitrogens with one attached hydrogen (secondary N) is 2. The van der Waals surface area contributed by atoms with Gasteiger partial charge in [-0.2, -0.15) is 4.31 Å². The molecule has 2 amide bonds. The average molecular weight is 499 g/mol. The van der Waals surface area contributed by atoms with Crippen LogP contribution in [0.3, 0.4) is 0 Å². The fraction of sp³-hybridized carbons (Fsp3) is 0.360. The molecular formula is C25H30N4O5S. The first-order valence-electron chi connectivity index (χ1n) is 11.6. The summed E-state index contributed by atoms with van der Waals surface area (Å²) in [4.78, 5) is 30.2. The van der Waals surface area contributed by atoms with Crippen molar-refractivity contribution in [3.05, 3.63) is 60.3 Å². The molecule has 1 aliphatic heterocycles. The lowest BCUT2D eigenvalue weighted by Gasteiger charge is -2.36. The molecule has 1 fully saturated rings. The molecule has 1 aliphatic rings. The Morgan fingerprint density at radius 2 is 1.74 bits per heavy atom. The van der Waals surface area contributed by atoms with Gasteiger partial charge in [0.2, 0.25) is 21.8 Å². The summed E-state index contributed by atoms with van der Waals surface area (Å²) >= 11 is 0. The lowest BCUT2D eigenvalue weighted by atomic mass is 10.0. The summed E-state index contributed by atoms with van der Waals surface area (Å²) in [5.41, 5.74) is 1.90. The van der Waals surface area contributed by atoms with Gasteiger partial charge in [0.1, 0.15) is 11.8 Å². The van der Waals surface area contributed by atoms with Crippen LogP contribution in [0.5, 0.6) is 5.75 Å². The number of benzene rings is 2. The zero-order valence-corrected chi connectivity index (χ0v) is 20.7. The van der Waals surface area contributed by atoms with Gasteiger partial charge in [0.25, 0.3) is 0 Å². The lowest BCUT2D eigenvalue weighted by molar-refractivity contribution is -0.137. The third-order valence-corrected chi connectivity index (χ3v) is 8.01. The summed E-state index contributed by atoms with van der Waals surface area (Å²) < 4.78 is 32.9. The quantitative estimate of drug-likeness (QED) is 0.494. The van der Waals surface area contributed by atoms with E-state index in [2.05, 4.69) is 10.3 Å². The normalized spacial score (nSPS) is 15.7. The van der Waals surface area contributed by atoms with Gasteiger partial charge < -0.3 is 19.9 Å². The molecule has 2 aromatic carbocycles. The molecule has 4 rings (SSSR count). The predicted molar refractivity (Wildman–Crippen MR) is 133 cm³/mol. The zero-order chi connectivity index (χ0) is 25.0. The summed E-state index contributed by atoms with van der Waals surface area (Å²) in [6.07, 6.45) is 2.20. The van der Waals surface area contributed by atoms with Gasteiger partial charge in [0, 0.05) is 56.6 Å². The number of hydrogen-bond donors (Lipinski definition) is 2. The number of aromatic amines is 1. The Morgan fingerprint density at radius 3 is 2.40 bits per heavy atom. The van der Waals surface area contributed by atoms with Crippen LogP contribution in [0, 0.1) is 0 Å². The average Bonchev–Trinajstić information content (AvgIpc) is 3.26. The van der Waals surface area contributed by atoms with Crippen molar-refractivity contribution in [2.24, 2.45) is 0 Å². The predicted octanol–water partition coefficient (Wildman–Crippen LogP) is 2.15. The standard InChI is InChI=1S/C25H30N4O5S/c1-3-34-20-8-10-21(11-9-20)35(32,33)29-14-12-28(13-15-29)25(31)24(27-18(2)30)16-19-17-26-23-7-5-4-6-22(19)23/h4-11,17,24,26H,3,12-16H2,1-2H3,(H,27,30)/t24-/m0/s1. The number of para-hydroxylation sites is 1. The molecule has 0 bridgehead atoms. The van der Waals surface area contributed by atoms with Crippen LogP contribution in [-0.4, -0.2) is 73.2 Å². The topological polar surface area (TPSA) is 112 Å². The molecule has 2 heterocycles. The third-order valence-electron chi connectivity index (χ3n) is 6.10. The second-order valence-electron chi connectivity index (χ2n) is 8.45. The Hall–Kier alpha value is -3.37. The Kier molecular flexibility index (Phi) is 7.42. The minimum absolute atomic E-state index is 0.182. The molecule has 0 saturated carbocycles. The number of amides is 2. The van der Waals surface area contributed by atoms with Gasteiger partial charge in [-0.25, -0.2) is 8.42 Å². The Balaban J connectivity index is 1.43. The van der Waals surface area contributed by atoms with Gasteiger partial charge in [0.05, 0.1) is 11.5 Å². The minimum Gasteiger partial charge on any atom is -0.494 e. The largest absolute Gasteiger partial charge is 0.494 e. The number of carbonyl (C=O) groups is 2. The van der Waals surface area contributed by atoms with Crippen molar-refractivity contribution in [3.8, 4) is 5.75 Å². The summed E-state index contributed by atoms with van der Waals surface area (Å²) in [5, 5.41) is 3.78. The lowest BCUT2D eigenvalue weighted by Crippen LogP contribution is -2.56. The molecule has 10 heteroatoms. The van der Waals surface area contributed by atoms with Gasteiger partial charge in [-0.3, -0.25) is 9.59 Å². The molecule has 2 N–H and O–H groups in total. The van der Waals surface area contributed by atoms with Crippen LogP contribution < -0.4 is 10.1 Å². The number of ether oxygens (including phenoxy) is 1. The van der Waals surface area contributed by atoms with Crippen molar-refractivity contribution in [2.75, 3.05) is 32.8 Å². The summed E-state index contributed by atoms with van der Waals surface area (Å²) in [5.74, 6) is 0.101. The smallest absolute Gasteiger partial charge is 0.245 e. The highest BCUT2D eigenvalue weighted by Gasteiger charge is 2.33. The number of nitrogens with zero attached hydrogens (tertiary/aromatic N) is 2. The van der Waals surface area contributed by atoms with Crippen molar-refractivity contribution in [1.82, 2.24) is 19.5 Å². The highest BCUT2D eigenvalue weighted by molar-refractivity contribution is 7.89. The van der Waals surface area contributed by atoms with Crippen LogP contribution in [-0.2, 0) is 26.0 Å². The fourth-order valence-electron chi connectivity index (χ4n) is 4.36. The first kappa shape index (κ1) is 24.7. The number of sulfonamides is 1. The molecule has 9 nitrogen and oxygen atoms in total. The van der Waals surface area contributed by atoms with Crippen LogP contribution in [0.2, 0.25) is 0 Å². The third kappa shape index (κ3) is 5.49. The molecule has 35 heavy (non-hydrogen) atoms. The monoisotopic (exact) mass is 498 g/mol. The Bertz CT molecular complexity index is 1290. The van der Waals surface area contributed by atoms with Gasteiger partial charge in [-0.15, -0.1) is 0 Å². The second-order valence-corrected chi connectivity index (χ2v) is 10.4. The van der Waals surface area contributed by atoms with E-state index in [0.29, 0.717) is 18.8 Å². The number of aromatic nitrogens is 1. The number of H-pyrrole nitrogens is 1. The van der Waals surface area contributed by atoms with E-state index >= 15 is 0 Å². The maximum Gasteiger partial charge on any atom is 0.245 e. The maximum absolute atomic E-state index is 13.3. The van der Waals surface area contributed by atoms with E-state index in [4.69, 9.17) is 4.74 Å². The first-order chi connectivity index (χ1) is 16.8. The highest BCUT2D eigenvalue weighted by Crippen LogP contribution is 2.22. The maximum atomic E-state index is 13.3. The summed E-state index contributed by atoms with van der Waals surface area (Å²) in [6.45, 7) is 4.61. The molecule has 3 aromatic rings. The molecule has 0 aliphatic carbocycles. The van der Waals surface area contributed by atoms with Crippen LogP contribution >= 0.6 is 0 Å². The fourth-order valence-corrected chi connectivity index (χ4v) is 5.78. The van der Waals surface area contributed by atoms with E-state index in [0.717, 1.165) is 16.5 Å². The van der Waals surface area contributed by atoms with E-state index in [1.165, 1.54) is 23.4 Å². The second kappa shape index (κ2) is 10.5. The minimum atomic E-state index is -3.68. The van der Waals surface area contributed by atoms with Crippen molar-refractivity contribution in [3.63, 3.8) is 0 Å². The van der Waals surface area contributed by atoms with Crippen LogP contribution in [0.15, 0.2) is 59.6 Å². The SMILES string of the molecule is CCOc1ccc(S(=O)(=O)N2CCN(C(=O)[C@H](Cc3c[nH]c4ccccc34)NC(C)=O)CC2)cc1. The zero-order valence-electron chi connectivity index (χ0n) is 19.9. The van der Waals surface area contributed by atoms with Crippen LogP contribution in [0.25, 0.3) is 10.9 Å². The molecule has 1 atom stereocenters. The number of fused-ring (bicyclic) bond motifs is 1. The number of carbonyl (C=O) groups excluding carboxylic acids is 2. The van der Waals surface area contributed by atoms with Crippen molar-refractivity contribution in [1.29, 1.82) is 0 Å². The van der Waals surface area contributed by atoms with Crippen molar-refractivity contribution in [2.45, 2.75) is 31.2 Å². The van der Waals surface area contributed by atoms with E-state index < -0.39 is 16.1 Å². The van der Waals surface area contributed by atoms with Crippen molar-refractivity contribution < 1.29 is 22.7 Å². The van der Waals surface area contributed by atoms with Gasteiger partial charge in [0.15, 0.2) is 0 Å². The molecule has 0 spiro atoms. The Labute approximate surface area is 205 Å². The van der Waals surface area contributed by atoms with E-state index in [1.54, 1.807) is 17.0 Å². The number of rotatable bonds is 8. The molecule has 0 unspecified atom stereocenters. The Morgan fingerprint density at radius 1 is 1.06 bits per heavy atom. The van der Waals surface area contributed by atoms with E-state index in [9.17, 15) is 18.0 Å². The highest BCUT2D eigenvalue weighted by atomic mass is 32.2.